The van der Waals surface area contributed by atoms with Gasteiger partial charge in [0, 0.05) is 45.4 Å². The van der Waals surface area contributed by atoms with Crippen LogP contribution in [0.2, 0.25) is 0 Å². The van der Waals surface area contributed by atoms with Crippen molar-refractivity contribution in [2.45, 2.75) is 58.7 Å². The summed E-state index contributed by atoms with van der Waals surface area (Å²) in [6.45, 7) is 6.58. The highest BCUT2D eigenvalue weighted by molar-refractivity contribution is 5.79. The van der Waals surface area contributed by atoms with Crippen LogP contribution >= 0.6 is 0 Å². The molecule has 0 aliphatic carbocycles. The minimum absolute atomic E-state index is 0.311. The van der Waals surface area contributed by atoms with Crippen LogP contribution < -0.4 is 10.6 Å². The number of guanidine groups is 1. The Morgan fingerprint density at radius 1 is 1.36 bits per heavy atom. The summed E-state index contributed by atoms with van der Waals surface area (Å²) >= 11 is 0. The van der Waals surface area contributed by atoms with Crippen LogP contribution in [-0.2, 0) is 32.4 Å². The Hall–Kier alpha value is -2.45. The van der Waals surface area contributed by atoms with E-state index < -0.39 is 0 Å². The summed E-state index contributed by atoms with van der Waals surface area (Å²) in [5.41, 5.74) is 0. The van der Waals surface area contributed by atoms with Gasteiger partial charge in [0.15, 0.2) is 11.8 Å². The van der Waals surface area contributed by atoms with Gasteiger partial charge in [-0.25, -0.2) is 9.67 Å². The van der Waals surface area contributed by atoms with Crippen molar-refractivity contribution in [2.24, 2.45) is 4.99 Å². The van der Waals surface area contributed by atoms with E-state index in [1.807, 2.05) is 4.68 Å². The van der Waals surface area contributed by atoms with E-state index in [-0.39, 0.29) is 0 Å². The molecule has 0 radical (unpaired) electrons. The van der Waals surface area contributed by atoms with Crippen molar-refractivity contribution in [1.29, 1.82) is 0 Å². The summed E-state index contributed by atoms with van der Waals surface area (Å²) in [6, 6.07) is 0.311. The second-order valence-electron chi connectivity index (χ2n) is 6.15. The van der Waals surface area contributed by atoms with Gasteiger partial charge < -0.3 is 15.2 Å². The lowest BCUT2D eigenvalue weighted by molar-refractivity contribution is 0.392. The first kappa shape index (κ1) is 17.4. The number of fused-ring (bicyclic) bond motifs is 1. The van der Waals surface area contributed by atoms with Crippen molar-refractivity contribution < 1.29 is 0 Å². The number of rotatable bonds is 6. The second-order valence-corrected chi connectivity index (χ2v) is 6.15. The lowest BCUT2D eigenvalue weighted by Gasteiger charge is -2.25. The topological polar surface area (TPSA) is 97.8 Å². The van der Waals surface area contributed by atoms with Crippen LogP contribution in [0.3, 0.4) is 0 Å². The number of nitrogens with zero attached hydrogens (tertiary/aromatic N) is 7. The molecule has 0 saturated carbocycles. The van der Waals surface area contributed by atoms with E-state index >= 15 is 0 Å². The van der Waals surface area contributed by atoms with Gasteiger partial charge in [-0.2, -0.15) is 5.10 Å². The monoisotopic (exact) mass is 345 g/mol. The summed E-state index contributed by atoms with van der Waals surface area (Å²) in [6.07, 6.45) is 5.52. The number of aryl methyl sites for hydroxylation is 3. The summed E-state index contributed by atoms with van der Waals surface area (Å²) in [7, 11) is 1.80. The number of aromatic nitrogens is 6. The average molecular weight is 345 g/mol. The molecule has 9 heteroatoms. The number of nitrogens with one attached hydrogen (secondary N) is 2. The molecule has 136 valence electrons. The number of aliphatic imine (C=N–C) groups is 1. The van der Waals surface area contributed by atoms with Crippen molar-refractivity contribution in [3.63, 3.8) is 0 Å². The molecule has 9 nitrogen and oxygen atoms in total. The van der Waals surface area contributed by atoms with Crippen molar-refractivity contribution in [2.75, 3.05) is 13.6 Å². The highest BCUT2D eigenvalue weighted by atomic mass is 15.4. The molecule has 3 heterocycles. The van der Waals surface area contributed by atoms with Gasteiger partial charge in [-0.15, -0.1) is 10.2 Å². The van der Waals surface area contributed by atoms with Crippen LogP contribution in [0.15, 0.2) is 11.3 Å². The Kier molecular flexibility index (Phi) is 5.62. The van der Waals surface area contributed by atoms with Crippen molar-refractivity contribution in [3.05, 3.63) is 23.8 Å². The molecule has 1 aliphatic heterocycles. The van der Waals surface area contributed by atoms with Crippen LogP contribution in [0.1, 0.15) is 37.7 Å². The molecule has 2 aromatic heterocycles. The third-order valence-electron chi connectivity index (χ3n) is 4.44. The Labute approximate surface area is 148 Å². The number of hydrogen-bond acceptors (Lipinski definition) is 5. The van der Waals surface area contributed by atoms with Crippen molar-refractivity contribution >= 4 is 5.96 Å². The normalized spacial score (nSPS) is 17.4. The molecule has 0 aromatic carbocycles. The fraction of sp³-hybridized carbons (Fsp3) is 0.688. The minimum atomic E-state index is 0.311. The zero-order valence-electron chi connectivity index (χ0n) is 15.2. The smallest absolute Gasteiger partial charge is 0.191 e. The maximum atomic E-state index is 4.56. The van der Waals surface area contributed by atoms with E-state index in [1.165, 1.54) is 0 Å². The van der Waals surface area contributed by atoms with Gasteiger partial charge >= 0.3 is 0 Å². The molecule has 0 amide bonds. The van der Waals surface area contributed by atoms with E-state index in [0.29, 0.717) is 6.04 Å². The van der Waals surface area contributed by atoms with Crippen molar-refractivity contribution in [1.82, 2.24) is 40.2 Å². The first-order chi connectivity index (χ1) is 12.2. The third-order valence-corrected chi connectivity index (χ3v) is 4.44. The van der Waals surface area contributed by atoms with Gasteiger partial charge in [0.1, 0.15) is 18.0 Å². The van der Waals surface area contributed by atoms with Gasteiger partial charge in [-0.05, 0) is 6.42 Å². The maximum Gasteiger partial charge on any atom is 0.191 e. The lowest BCUT2D eigenvalue weighted by atomic mass is 10.1. The van der Waals surface area contributed by atoms with E-state index in [0.717, 1.165) is 68.8 Å². The second kappa shape index (κ2) is 8.09. The van der Waals surface area contributed by atoms with Crippen LogP contribution in [0.5, 0.6) is 0 Å². The Morgan fingerprint density at radius 3 is 3.00 bits per heavy atom. The quantitative estimate of drug-likeness (QED) is 0.572. The van der Waals surface area contributed by atoms with E-state index in [9.17, 15) is 0 Å². The summed E-state index contributed by atoms with van der Waals surface area (Å²) < 4.78 is 4.09. The molecule has 25 heavy (non-hydrogen) atoms. The van der Waals surface area contributed by atoms with Crippen LogP contribution in [0.25, 0.3) is 0 Å². The maximum absolute atomic E-state index is 4.56. The van der Waals surface area contributed by atoms with E-state index in [1.54, 1.807) is 13.4 Å². The van der Waals surface area contributed by atoms with Crippen LogP contribution in [0, 0.1) is 0 Å². The predicted molar refractivity (Wildman–Crippen MR) is 95.4 cm³/mol. The highest BCUT2D eigenvalue weighted by Crippen LogP contribution is 2.13. The minimum Gasteiger partial charge on any atom is -0.355 e. The van der Waals surface area contributed by atoms with E-state index in [2.05, 4.69) is 54.3 Å². The lowest BCUT2D eigenvalue weighted by Crippen LogP contribution is -2.47. The van der Waals surface area contributed by atoms with Crippen LogP contribution in [0.4, 0.5) is 0 Å². The molecular formula is C16H27N9. The molecular weight excluding hydrogens is 318 g/mol. The average Bonchev–Trinajstić information content (AvgIpc) is 3.26. The van der Waals surface area contributed by atoms with Gasteiger partial charge in [-0.3, -0.25) is 4.99 Å². The molecule has 1 atom stereocenters. The molecule has 2 N–H and O–H groups in total. The zero-order chi connectivity index (χ0) is 17.6. The van der Waals surface area contributed by atoms with Gasteiger partial charge in [0.05, 0.1) is 6.54 Å². The van der Waals surface area contributed by atoms with Gasteiger partial charge in [-0.1, -0.05) is 13.8 Å². The Balaban J connectivity index is 1.49. The van der Waals surface area contributed by atoms with Crippen molar-refractivity contribution in [3.8, 4) is 0 Å². The predicted octanol–water partition coefficient (Wildman–Crippen LogP) is 0.174. The Morgan fingerprint density at radius 2 is 2.24 bits per heavy atom. The third kappa shape index (κ3) is 4.15. The zero-order valence-corrected chi connectivity index (χ0v) is 15.2. The SMILES string of the molecule is CCc1nc2n(n1)CC(NC(=NC)NCCn1cnnc1CC)CC2. The molecule has 1 unspecified atom stereocenters. The molecule has 0 bridgehead atoms. The molecule has 3 rings (SSSR count). The molecule has 0 saturated heterocycles. The standard InChI is InChI=1S/C16H27N9/c1-4-13-21-15-7-6-12(10-25(15)23-13)20-16(17-3)18-8-9-24-11-19-22-14(24)5-2/h11-12H,4-10H2,1-3H3,(H2,17,18,20). The fourth-order valence-corrected chi connectivity index (χ4v) is 3.05. The summed E-state index contributed by atoms with van der Waals surface area (Å²) in [5.74, 6) is 3.84. The van der Waals surface area contributed by atoms with Crippen LogP contribution in [-0.4, -0.2) is 55.1 Å². The summed E-state index contributed by atoms with van der Waals surface area (Å²) in [4.78, 5) is 8.89. The molecule has 2 aromatic rings. The molecule has 1 aliphatic rings. The highest BCUT2D eigenvalue weighted by Gasteiger charge is 2.21. The molecule has 0 fully saturated rings. The number of hydrogen-bond donors (Lipinski definition) is 2. The fourth-order valence-electron chi connectivity index (χ4n) is 3.05. The first-order valence-electron chi connectivity index (χ1n) is 8.99. The van der Waals surface area contributed by atoms with E-state index in [4.69, 9.17) is 0 Å². The van der Waals surface area contributed by atoms with Gasteiger partial charge in [0.25, 0.3) is 0 Å². The Bertz CT molecular complexity index is 715. The molecule has 0 spiro atoms. The van der Waals surface area contributed by atoms with Gasteiger partial charge in [0.2, 0.25) is 0 Å². The largest absolute Gasteiger partial charge is 0.355 e. The first-order valence-corrected chi connectivity index (χ1v) is 8.99. The summed E-state index contributed by atoms with van der Waals surface area (Å²) in [5, 5.41) is 19.5.